The maximum Gasteiger partial charge on any atom is 0.158 e. The highest BCUT2D eigenvalue weighted by molar-refractivity contribution is 5.21. The zero-order chi connectivity index (χ0) is 27.1. The molecular formula is C32H46O7. The highest BCUT2D eigenvalue weighted by Gasteiger charge is 2.42. The topological polar surface area (TPSA) is 86.6 Å². The molecule has 3 aliphatic rings. The number of hydrogen-bond donors (Lipinski definition) is 2. The Labute approximate surface area is 233 Å². The van der Waals surface area contributed by atoms with Crippen LogP contribution in [0.4, 0.5) is 0 Å². The maximum atomic E-state index is 11.1. The van der Waals surface area contributed by atoms with E-state index < -0.39 is 6.10 Å². The van der Waals surface area contributed by atoms with Crippen molar-refractivity contribution in [1.29, 1.82) is 0 Å². The normalized spacial score (nSPS) is 30.1. The number of aliphatic hydroxyl groups is 2. The molecule has 0 amide bonds. The van der Waals surface area contributed by atoms with Gasteiger partial charge in [-0.2, -0.15) is 0 Å². The molecule has 39 heavy (non-hydrogen) atoms. The van der Waals surface area contributed by atoms with Crippen molar-refractivity contribution in [3.05, 3.63) is 60.4 Å². The molecule has 1 saturated carbocycles. The SMILES string of the molecule is OCCCC=C=CC[C@@H]1[C@@H](/C=C/[C@H](COc2ccccc2)OC2CCCCO2)[C@H](OC2CCCCO2)C[C@@H]1O. The fourth-order valence-electron chi connectivity index (χ4n) is 5.51. The van der Waals surface area contributed by atoms with Gasteiger partial charge in [0, 0.05) is 32.2 Å². The molecule has 0 spiro atoms. The summed E-state index contributed by atoms with van der Waals surface area (Å²) < 4.78 is 30.6. The largest absolute Gasteiger partial charge is 0.491 e. The average Bonchev–Trinajstić information content (AvgIpc) is 3.26. The highest BCUT2D eigenvalue weighted by Crippen LogP contribution is 2.39. The molecule has 2 aliphatic heterocycles. The Balaban J connectivity index is 1.47. The Morgan fingerprint density at radius 1 is 1.00 bits per heavy atom. The standard InChI is InChI=1S/C32H46O7/c33-20-10-3-1-2-7-15-27-28(30(23-29(27)34)39-32-17-9-12-22-36-32)19-18-26(38-31-16-8-11-21-35-31)24-37-25-13-5-4-6-14-25/h1,4-7,13-14,18-19,26-34H,3,8-12,15-17,20-24H2/b19-18+/t2?,26-,27-,28-,29+,30-,31?,32?/m1/s1. The van der Waals surface area contributed by atoms with Gasteiger partial charge in [-0.1, -0.05) is 30.4 Å². The zero-order valence-electron chi connectivity index (χ0n) is 23.1. The van der Waals surface area contributed by atoms with Crippen molar-refractivity contribution in [3.63, 3.8) is 0 Å². The summed E-state index contributed by atoms with van der Waals surface area (Å²) in [4.78, 5) is 0. The number of para-hydroxylation sites is 1. The minimum Gasteiger partial charge on any atom is -0.491 e. The monoisotopic (exact) mass is 542 g/mol. The van der Waals surface area contributed by atoms with Gasteiger partial charge >= 0.3 is 0 Å². The molecule has 0 radical (unpaired) electrons. The van der Waals surface area contributed by atoms with Crippen LogP contribution < -0.4 is 4.74 Å². The molecule has 0 bridgehead atoms. The average molecular weight is 543 g/mol. The lowest BCUT2D eigenvalue weighted by molar-refractivity contribution is -0.193. The number of rotatable bonds is 14. The molecule has 7 nitrogen and oxygen atoms in total. The predicted molar refractivity (Wildman–Crippen MR) is 149 cm³/mol. The van der Waals surface area contributed by atoms with Crippen LogP contribution in [0, 0.1) is 11.8 Å². The Morgan fingerprint density at radius 2 is 1.77 bits per heavy atom. The van der Waals surface area contributed by atoms with E-state index in [1.807, 2.05) is 42.5 Å². The van der Waals surface area contributed by atoms with Gasteiger partial charge in [0.05, 0.1) is 12.2 Å². The van der Waals surface area contributed by atoms with E-state index in [-0.39, 0.29) is 43.2 Å². The maximum absolute atomic E-state index is 11.1. The van der Waals surface area contributed by atoms with Gasteiger partial charge in [0.15, 0.2) is 12.6 Å². The Bertz CT molecular complexity index is 885. The molecule has 1 aromatic carbocycles. The quantitative estimate of drug-likeness (QED) is 0.187. The van der Waals surface area contributed by atoms with Gasteiger partial charge in [-0.3, -0.25) is 0 Å². The van der Waals surface area contributed by atoms with E-state index in [4.69, 9.17) is 28.8 Å². The molecule has 7 heteroatoms. The summed E-state index contributed by atoms with van der Waals surface area (Å²) in [6, 6.07) is 9.76. The number of aliphatic hydroxyl groups excluding tert-OH is 2. The number of allylic oxidation sites excluding steroid dienone is 1. The lowest BCUT2D eigenvalue weighted by atomic mass is 9.89. The molecular weight excluding hydrogens is 496 g/mol. The van der Waals surface area contributed by atoms with Gasteiger partial charge < -0.3 is 33.9 Å². The summed E-state index contributed by atoms with van der Waals surface area (Å²) in [6.07, 6.45) is 15.6. The second-order valence-corrected chi connectivity index (χ2v) is 10.7. The summed E-state index contributed by atoms with van der Waals surface area (Å²) in [7, 11) is 0. The van der Waals surface area contributed by atoms with Crippen molar-refractivity contribution in [2.45, 2.75) is 95.1 Å². The van der Waals surface area contributed by atoms with E-state index >= 15 is 0 Å². The van der Waals surface area contributed by atoms with Crippen molar-refractivity contribution in [2.75, 3.05) is 26.4 Å². The van der Waals surface area contributed by atoms with E-state index in [9.17, 15) is 5.11 Å². The molecule has 4 rings (SSSR count). The molecule has 2 unspecified atom stereocenters. The molecule has 2 heterocycles. The Morgan fingerprint density at radius 3 is 2.49 bits per heavy atom. The molecule has 1 aromatic rings. The summed E-state index contributed by atoms with van der Waals surface area (Å²) in [5.41, 5.74) is 3.22. The number of benzene rings is 1. The molecule has 1 aliphatic carbocycles. The second-order valence-electron chi connectivity index (χ2n) is 10.7. The predicted octanol–water partition coefficient (Wildman–Crippen LogP) is 5.32. The van der Waals surface area contributed by atoms with Crippen molar-refractivity contribution < 1.29 is 33.9 Å². The molecule has 3 fully saturated rings. The molecule has 0 aromatic heterocycles. The zero-order valence-corrected chi connectivity index (χ0v) is 23.1. The molecule has 216 valence electrons. The fraction of sp³-hybridized carbons (Fsp3) is 0.656. The second kappa shape index (κ2) is 17.0. The summed E-state index contributed by atoms with van der Waals surface area (Å²) in [6.45, 7) is 1.98. The Hall–Kier alpha value is -1.96. The van der Waals surface area contributed by atoms with Gasteiger partial charge in [0.25, 0.3) is 0 Å². The lowest BCUT2D eigenvalue weighted by Gasteiger charge is -2.29. The van der Waals surface area contributed by atoms with Crippen molar-refractivity contribution >= 4 is 0 Å². The molecule has 7 atom stereocenters. The van der Waals surface area contributed by atoms with Crippen molar-refractivity contribution in [3.8, 4) is 5.75 Å². The van der Waals surface area contributed by atoms with Crippen LogP contribution in [0.5, 0.6) is 5.75 Å². The first kappa shape index (κ1) is 30.0. The van der Waals surface area contributed by atoms with Crippen LogP contribution in [0.2, 0.25) is 0 Å². The molecule has 2 saturated heterocycles. The first-order valence-corrected chi connectivity index (χ1v) is 14.8. The summed E-state index contributed by atoms with van der Waals surface area (Å²) in [5.74, 6) is 0.790. The van der Waals surface area contributed by atoms with E-state index in [2.05, 4.69) is 17.9 Å². The van der Waals surface area contributed by atoms with Crippen molar-refractivity contribution in [1.82, 2.24) is 0 Å². The minimum atomic E-state index is -0.481. The van der Waals surface area contributed by atoms with Crippen LogP contribution in [0.1, 0.15) is 64.2 Å². The Kier molecular flexibility index (Phi) is 13.1. The van der Waals surface area contributed by atoms with Gasteiger partial charge in [0.2, 0.25) is 0 Å². The van der Waals surface area contributed by atoms with Crippen LogP contribution in [0.15, 0.2) is 60.4 Å². The molecule has 2 N–H and O–H groups in total. The van der Waals surface area contributed by atoms with Crippen LogP contribution in [-0.4, -0.2) is 67.5 Å². The van der Waals surface area contributed by atoms with Crippen LogP contribution in [0.3, 0.4) is 0 Å². The minimum absolute atomic E-state index is 0.00359. The summed E-state index contributed by atoms with van der Waals surface area (Å²) in [5, 5.41) is 20.0. The van der Waals surface area contributed by atoms with E-state index in [1.165, 1.54) is 0 Å². The van der Waals surface area contributed by atoms with E-state index in [1.54, 1.807) is 0 Å². The van der Waals surface area contributed by atoms with Crippen LogP contribution >= 0.6 is 0 Å². The summed E-state index contributed by atoms with van der Waals surface area (Å²) >= 11 is 0. The highest BCUT2D eigenvalue weighted by atomic mass is 16.7. The third kappa shape index (κ3) is 10.2. The van der Waals surface area contributed by atoms with Gasteiger partial charge in [0.1, 0.15) is 18.5 Å². The third-order valence-corrected chi connectivity index (χ3v) is 7.66. The van der Waals surface area contributed by atoms with E-state index in [0.717, 1.165) is 63.7 Å². The lowest BCUT2D eigenvalue weighted by Crippen LogP contribution is -2.32. The fourth-order valence-corrected chi connectivity index (χ4v) is 5.51. The van der Waals surface area contributed by atoms with Gasteiger partial charge in [-0.25, -0.2) is 0 Å². The van der Waals surface area contributed by atoms with Crippen LogP contribution in [0.25, 0.3) is 0 Å². The first-order valence-electron chi connectivity index (χ1n) is 14.8. The van der Waals surface area contributed by atoms with Gasteiger partial charge in [-0.15, -0.1) is 5.73 Å². The van der Waals surface area contributed by atoms with Crippen LogP contribution in [-0.2, 0) is 18.9 Å². The smallest absolute Gasteiger partial charge is 0.158 e. The number of hydrogen-bond acceptors (Lipinski definition) is 7. The number of unbranched alkanes of at least 4 members (excludes halogenated alkanes) is 1. The number of ether oxygens (including phenoxy) is 5. The third-order valence-electron chi connectivity index (χ3n) is 7.66. The first-order chi connectivity index (χ1) is 19.2. The van der Waals surface area contributed by atoms with Crippen molar-refractivity contribution in [2.24, 2.45) is 11.8 Å². The van der Waals surface area contributed by atoms with E-state index in [0.29, 0.717) is 26.1 Å². The van der Waals surface area contributed by atoms with Gasteiger partial charge in [-0.05, 0) is 88.0 Å².